The van der Waals surface area contributed by atoms with Gasteiger partial charge in [0.2, 0.25) is 11.8 Å². The number of fused-ring (bicyclic) bond motifs is 2. The zero-order valence-corrected chi connectivity index (χ0v) is 22.4. The smallest absolute Gasteiger partial charge is 0.269 e. The van der Waals surface area contributed by atoms with E-state index in [1.807, 2.05) is 6.92 Å². The number of likely N-dealkylation sites (N-methyl/N-ethyl adjacent to an activating group) is 1. The highest BCUT2D eigenvalue weighted by molar-refractivity contribution is 6.08. The van der Waals surface area contributed by atoms with Gasteiger partial charge in [-0.05, 0) is 63.5 Å². The molecule has 10 heteroatoms. The number of benzene rings is 1. The average Bonchev–Trinajstić information content (AvgIpc) is 3.16. The summed E-state index contributed by atoms with van der Waals surface area (Å²) in [6.07, 6.45) is 5.95. The number of hydrogen-bond donors (Lipinski definition) is 3. The molecule has 1 aromatic rings. The molecule has 1 saturated carbocycles. The van der Waals surface area contributed by atoms with Crippen molar-refractivity contribution >= 4 is 35.8 Å². The van der Waals surface area contributed by atoms with E-state index in [1.165, 1.54) is 11.1 Å². The number of amides is 3. The molecule has 3 N–H and O–H groups in total. The lowest BCUT2D eigenvalue weighted by Crippen LogP contribution is -2.50. The van der Waals surface area contributed by atoms with E-state index in [2.05, 4.69) is 34.7 Å². The van der Waals surface area contributed by atoms with E-state index >= 15 is 4.39 Å². The Hall–Kier alpha value is -3.27. The molecule has 9 nitrogen and oxygen atoms in total. The van der Waals surface area contributed by atoms with Gasteiger partial charge in [-0.25, -0.2) is 4.39 Å². The van der Waals surface area contributed by atoms with Gasteiger partial charge in [-0.1, -0.05) is 25.8 Å². The van der Waals surface area contributed by atoms with E-state index in [0.717, 1.165) is 25.7 Å². The van der Waals surface area contributed by atoms with Crippen molar-refractivity contribution in [1.29, 1.82) is 0 Å². The van der Waals surface area contributed by atoms with Crippen LogP contribution in [0.4, 0.5) is 15.8 Å². The first kappa shape index (κ1) is 27.8. The van der Waals surface area contributed by atoms with E-state index in [1.54, 1.807) is 19.1 Å². The van der Waals surface area contributed by atoms with Crippen molar-refractivity contribution in [2.45, 2.75) is 70.8 Å². The molecular formula is C28H38FN5O4. The monoisotopic (exact) mass is 527 g/mol. The minimum Gasteiger partial charge on any atom is -0.381 e. The predicted octanol–water partition coefficient (Wildman–Crippen LogP) is 3.92. The maximum atomic E-state index is 15.4. The molecule has 1 aromatic carbocycles. The Kier molecular flexibility index (Phi) is 8.50. The molecular weight excluding hydrogens is 489 g/mol. The Labute approximate surface area is 223 Å². The van der Waals surface area contributed by atoms with Gasteiger partial charge in [0.15, 0.2) is 0 Å². The highest BCUT2D eigenvalue weighted by Crippen LogP contribution is 2.47. The van der Waals surface area contributed by atoms with E-state index in [0.29, 0.717) is 55.5 Å². The molecule has 0 aromatic heterocycles. The molecule has 1 unspecified atom stereocenters. The zero-order valence-electron chi connectivity index (χ0n) is 22.4. The second-order valence-corrected chi connectivity index (χ2v) is 10.5. The molecule has 1 spiro atoms. The number of carbonyl (C=O) groups is 3. The van der Waals surface area contributed by atoms with Crippen LogP contribution in [0, 0.1) is 17.7 Å². The number of halogens is 1. The molecule has 3 amide bonds. The second kappa shape index (κ2) is 11.6. The van der Waals surface area contributed by atoms with Gasteiger partial charge < -0.3 is 20.7 Å². The van der Waals surface area contributed by atoms with Crippen LogP contribution in [-0.2, 0) is 24.5 Å². The van der Waals surface area contributed by atoms with Gasteiger partial charge in [0.05, 0.1) is 11.1 Å². The fraction of sp³-hybridized carbons (Fsp3) is 0.571. The summed E-state index contributed by atoms with van der Waals surface area (Å²) in [5.41, 5.74) is 0.295. The van der Waals surface area contributed by atoms with Crippen molar-refractivity contribution in [3.05, 3.63) is 35.3 Å². The third-order valence-corrected chi connectivity index (χ3v) is 8.22. The van der Waals surface area contributed by atoms with Crippen LogP contribution >= 0.6 is 0 Å². The third-order valence-electron chi connectivity index (χ3n) is 8.22. The summed E-state index contributed by atoms with van der Waals surface area (Å²) in [6.45, 7) is 10.5. The number of ether oxygens (including phenoxy) is 1. The minimum absolute atomic E-state index is 0.0653. The molecule has 4 rings (SSSR count). The number of anilines is 2. The summed E-state index contributed by atoms with van der Waals surface area (Å²) in [4.78, 5) is 39.7. The van der Waals surface area contributed by atoms with Crippen LogP contribution in [0.1, 0.15) is 64.9 Å². The van der Waals surface area contributed by atoms with Crippen LogP contribution in [0.25, 0.3) is 0 Å². The molecule has 0 radical (unpaired) electrons. The second-order valence-electron chi connectivity index (χ2n) is 10.5. The summed E-state index contributed by atoms with van der Waals surface area (Å²) >= 11 is 0. The summed E-state index contributed by atoms with van der Waals surface area (Å²) in [6, 6.07) is 2.03. The molecule has 0 bridgehead atoms. The molecule has 2 aliphatic heterocycles. The lowest BCUT2D eigenvalue weighted by molar-refractivity contribution is -0.126. The SMILES string of the molecule is C=NN(CC)/C(=C\C)C(=O)NC(C(=O)Nc1cc(F)c2c(c1)NC(=O)C21CCOCC1)C1CCC(C)CC1. The lowest BCUT2D eigenvalue weighted by atomic mass is 9.75. The molecule has 1 saturated heterocycles. The lowest BCUT2D eigenvalue weighted by Gasteiger charge is -2.33. The number of hydrogen-bond acceptors (Lipinski definition) is 6. The Morgan fingerprint density at radius 1 is 1.29 bits per heavy atom. The number of carbonyl (C=O) groups excluding carboxylic acids is 3. The van der Waals surface area contributed by atoms with Gasteiger partial charge in [0.1, 0.15) is 17.6 Å². The van der Waals surface area contributed by atoms with Crippen molar-refractivity contribution in [1.82, 2.24) is 10.3 Å². The summed E-state index contributed by atoms with van der Waals surface area (Å²) in [7, 11) is 0. The van der Waals surface area contributed by atoms with E-state index < -0.39 is 29.1 Å². The fourth-order valence-corrected chi connectivity index (χ4v) is 6.01. The summed E-state index contributed by atoms with van der Waals surface area (Å²) < 4.78 is 20.8. The first-order valence-corrected chi connectivity index (χ1v) is 13.5. The Morgan fingerprint density at radius 3 is 2.58 bits per heavy atom. The van der Waals surface area contributed by atoms with Crippen molar-refractivity contribution in [3.63, 3.8) is 0 Å². The van der Waals surface area contributed by atoms with Crippen LogP contribution in [0.3, 0.4) is 0 Å². The van der Waals surface area contributed by atoms with Crippen LogP contribution in [0.15, 0.2) is 29.0 Å². The van der Waals surface area contributed by atoms with Gasteiger partial charge in [-0.15, -0.1) is 0 Å². The first-order chi connectivity index (χ1) is 18.2. The number of hydrazone groups is 1. The molecule has 3 aliphatic rings. The molecule has 1 aliphatic carbocycles. The number of nitrogens with one attached hydrogen (secondary N) is 3. The minimum atomic E-state index is -0.942. The van der Waals surface area contributed by atoms with E-state index in [9.17, 15) is 14.4 Å². The maximum Gasteiger partial charge on any atom is 0.269 e. The largest absolute Gasteiger partial charge is 0.381 e. The number of nitrogens with zero attached hydrogens (tertiary/aromatic N) is 2. The van der Waals surface area contributed by atoms with Crippen LogP contribution in [-0.4, -0.2) is 55.2 Å². The Balaban J connectivity index is 1.58. The highest BCUT2D eigenvalue weighted by Gasteiger charge is 2.49. The van der Waals surface area contributed by atoms with Gasteiger partial charge in [0.25, 0.3) is 5.91 Å². The molecule has 1 atom stereocenters. The van der Waals surface area contributed by atoms with Crippen molar-refractivity contribution < 1.29 is 23.5 Å². The van der Waals surface area contributed by atoms with Crippen LogP contribution in [0.5, 0.6) is 0 Å². The average molecular weight is 528 g/mol. The Bertz CT molecular complexity index is 1120. The van der Waals surface area contributed by atoms with Gasteiger partial charge >= 0.3 is 0 Å². The highest BCUT2D eigenvalue weighted by atomic mass is 19.1. The van der Waals surface area contributed by atoms with Crippen molar-refractivity contribution in [2.75, 3.05) is 30.4 Å². The first-order valence-electron chi connectivity index (χ1n) is 13.5. The van der Waals surface area contributed by atoms with Crippen molar-refractivity contribution in [2.24, 2.45) is 16.9 Å². The van der Waals surface area contributed by atoms with Crippen molar-refractivity contribution in [3.8, 4) is 0 Å². The standard InChI is InChI=1S/C28H38FN5O4/c1-5-22(34(6-2)30-4)25(35)33-24(18-9-7-17(3)8-10-18)26(36)31-19-15-20(29)23-21(16-19)32-27(37)28(23)11-13-38-14-12-28/h5,15-18,24H,4,6-14H2,1-3H3,(H,31,36)(H,32,37)(H,33,35)/b22-5-. The summed E-state index contributed by atoms with van der Waals surface area (Å²) in [5, 5.41) is 13.9. The molecule has 2 fully saturated rings. The topological polar surface area (TPSA) is 112 Å². The Morgan fingerprint density at radius 2 is 1.97 bits per heavy atom. The van der Waals surface area contributed by atoms with Crippen LogP contribution in [0.2, 0.25) is 0 Å². The normalized spacial score (nSPS) is 23.3. The number of rotatable bonds is 8. The summed E-state index contributed by atoms with van der Waals surface area (Å²) in [5.74, 6) is -1.14. The third kappa shape index (κ3) is 5.32. The van der Waals surface area contributed by atoms with Gasteiger partial charge in [-0.3, -0.25) is 19.4 Å². The maximum absolute atomic E-state index is 15.4. The molecule has 2 heterocycles. The fourth-order valence-electron chi connectivity index (χ4n) is 6.01. The predicted molar refractivity (Wildman–Crippen MR) is 144 cm³/mol. The molecule has 206 valence electrons. The van der Waals surface area contributed by atoms with Gasteiger partial charge in [-0.2, -0.15) is 5.10 Å². The van der Waals surface area contributed by atoms with Crippen LogP contribution < -0.4 is 16.0 Å². The van der Waals surface area contributed by atoms with Gasteiger partial charge in [0, 0.05) is 37.7 Å². The van der Waals surface area contributed by atoms with E-state index in [-0.39, 0.29) is 17.5 Å². The number of allylic oxidation sites excluding steroid dienone is 1. The molecule has 38 heavy (non-hydrogen) atoms. The zero-order chi connectivity index (χ0) is 27.4. The quantitative estimate of drug-likeness (QED) is 0.270. The van der Waals surface area contributed by atoms with E-state index in [4.69, 9.17) is 4.74 Å².